The number of hydrogen-bond donors (Lipinski definition) is 0. The fourth-order valence-electron chi connectivity index (χ4n) is 7.53. The van der Waals surface area contributed by atoms with Crippen molar-refractivity contribution >= 4 is 17.9 Å². The van der Waals surface area contributed by atoms with Gasteiger partial charge in [-0.15, -0.1) is 0 Å². The van der Waals surface area contributed by atoms with Crippen LogP contribution in [0.15, 0.2) is 24.3 Å². The number of hydrogen-bond acceptors (Lipinski definition) is 6. The summed E-state index contributed by atoms with van der Waals surface area (Å²) in [6.07, 6.45) is 55.3. The lowest BCUT2D eigenvalue weighted by Crippen LogP contribution is -2.30. The lowest BCUT2D eigenvalue weighted by atomic mass is 10.0. The normalized spacial score (nSPS) is 12.1. The first-order chi connectivity index (χ1) is 29.0. The topological polar surface area (TPSA) is 78.9 Å². The van der Waals surface area contributed by atoms with Crippen molar-refractivity contribution in [2.75, 3.05) is 13.2 Å². The molecule has 346 valence electrons. The number of carbonyl (C=O) groups is 3. The van der Waals surface area contributed by atoms with Crippen LogP contribution in [0.25, 0.3) is 0 Å². The summed E-state index contributed by atoms with van der Waals surface area (Å²) in [6.45, 7) is 6.52. The highest BCUT2D eigenvalue weighted by Crippen LogP contribution is 2.16. The third kappa shape index (κ3) is 46.8. The van der Waals surface area contributed by atoms with Crippen molar-refractivity contribution in [3.8, 4) is 0 Å². The number of ether oxygens (including phenoxy) is 3. The van der Waals surface area contributed by atoms with Crippen LogP contribution in [-0.4, -0.2) is 37.2 Å². The third-order valence-electron chi connectivity index (χ3n) is 11.5. The first-order valence-corrected chi connectivity index (χ1v) is 25.8. The Bertz CT molecular complexity index is 958. The summed E-state index contributed by atoms with van der Waals surface area (Å²) >= 11 is 0. The van der Waals surface area contributed by atoms with Crippen molar-refractivity contribution in [1.29, 1.82) is 0 Å². The van der Waals surface area contributed by atoms with Gasteiger partial charge in [-0.25, -0.2) is 0 Å². The van der Waals surface area contributed by atoms with Crippen molar-refractivity contribution in [2.45, 2.75) is 284 Å². The van der Waals surface area contributed by atoms with Gasteiger partial charge in [-0.1, -0.05) is 231 Å². The minimum Gasteiger partial charge on any atom is -0.462 e. The van der Waals surface area contributed by atoms with E-state index in [0.29, 0.717) is 19.3 Å². The van der Waals surface area contributed by atoms with Gasteiger partial charge in [0.1, 0.15) is 13.2 Å². The summed E-state index contributed by atoms with van der Waals surface area (Å²) in [6, 6.07) is 0. The Balaban J connectivity index is 3.83. The second-order valence-corrected chi connectivity index (χ2v) is 17.4. The molecule has 0 bridgehead atoms. The molecule has 6 heteroatoms. The molecule has 0 saturated heterocycles. The van der Waals surface area contributed by atoms with E-state index in [9.17, 15) is 14.4 Å². The van der Waals surface area contributed by atoms with Gasteiger partial charge in [0.25, 0.3) is 0 Å². The summed E-state index contributed by atoms with van der Waals surface area (Å²) in [5.74, 6) is -0.880. The molecule has 0 aromatic rings. The van der Waals surface area contributed by atoms with Gasteiger partial charge >= 0.3 is 17.9 Å². The zero-order valence-electron chi connectivity index (χ0n) is 39.5. The Labute approximate surface area is 366 Å². The molecular formula is C53H98O6. The van der Waals surface area contributed by atoms with E-state index >= 15 is 0 Å². The highest BCUT2D eigenvalue weighted by Gasteiger charge is 2.19. The molecule has 1 unspecified atom stereocenters. The van der Waals surface area contributed by atoms with Gasteiger partial charge in [-0.05, 0) is 51.4 Å². The van der Waals surface area contributed by atoms with Crippen molar-refractivity contribution < 1.29 is 28.6 Å². The van der Waals surface area contributed by atoms with E-state index in [1.54, 1.807) is 0 Å². The Morgan fingerprint density at radius 3 is 0.932 bits per heavy atom. The maximum Gasteiger partial charge on any atom is 0.306 e. The molecule has 0 spiro atoms. The maximum absolute atomic E-state index is 12.5. The minimum atomic E-state index is -0.759. The lowest BCUT2D eigenvalue weighted by Gasteiger charge is -2.18. The molecule has 0 aliphatic heterocycles. The highest BCUT2D eigenvalue weighted by molar-refractivity contribution is 5.71. The summed E-state index contributed by atoms with van der Waals surface area (Å²) in [5.41, 5.74) is 0. The fraction of sp³-hybridized carbons (Fsp3) is 0.868. The molecule has 0 aromatic carbocycles. The summed E-state index contributed by atoms with van der Waals surface area (Å²) in [7, 11) is 0. The van der Waals surface area contributed by atoms with Gasteiger partial charge in [-0.2, -0.15) is 0 Å². The van der Waals surface area contributed by atoms with Crippen LogP contribution in [-0.2, 0) is 28.6 Å². The Morgan fingerprint density at radius 1 is 0.339 bits per heavy atom. The van der Waals surface area contributed by atoms with Crippen LogP contribution < -0.4 is 0 Å². The molecule has 0 aliphatic carbocycles. The van der Waals surface area contributed by atoms with Gasteiger partial charge in [0.15, 0.2) is 6.10 Å². The number of carbonyl (C=O) groups excluding carboxylic acids is 3. The van der Waals surface area contributed by atoms with Crippen LogP contribution >= 0.6 is 0 Å². The summed E-state index contributed by atoms with van der Waals surface area (Å²) in [4.78, 5) is 37.4. The van der Waals surface area contributed by atoms with E-state index < -0.39 is 6.10 Å². The van der Waals surface area contributed by atoms with E-state index in [1.807, 2.05) is 0 Å². The molecule has 1 atom stereocenters. The molecule has 0 aromatic heterocycles. The molecule has 0 rings (SSSR count). The van der Waals surface area contributed by atoms with Crippen LogP contribution in [0.2, 0.25) is 0 Å². The molecule has 0 aliphatic rings. The second-order valence-electron chi connectivity index (χ2n) is 17.4. The monoisotopic (exact) mass is 831 g/mol. The standard InChI is InChI=1S/C53H98O6/c1-4-7-10-13-16-17-18-19-20-21-22-23-24-25-26-27-28-29-30-31-32-33-34-35-36-37-38-41-43-46-52(55)58-49-50(59-53(56)47-44-40-15-12-9-6-3)48-57-51(54)45-42-39-14-11-8-5-2/h18-19,21-22,50H,4-17,20,23-49H2,1-3H3/b19-18-,22-21-. The van der Waals surface area contributed by atoms with E-state index in [2.05, 4.69) is 45.1 Å². The van der Waals surface area contributed by atoms with Crippen LogP contribution in [0.1, 0.15) is 278 Å². The molecule has 6 nitrogen and oxygen atoms in total. The van der Waals surface area contributed by atoms with E-state index in [4.69, 9.17) is 14.2 Å². The minimum absolute atomic E-state index is 0.0678. The van der Waals surface area contributed by atoms with Gasteiger partial charge in [0, 0.05) is 19.3 Å². The van der Waals surface area contributed by atoms with Crippen molar-refractivity contribution in [3.63, 3.8) is 0 Å². The average Bonchev–Trinajstić information content (AvgIpc) is 3.23. The first-order valence-electron chi connectivity index (χ1n) is 25.8. The molecule has 0 amide bonds. The molecule has 0 radical (unpaired) electrons. The Morgan fingerprint density at radius 2 is 0.610 bits per heavy atom. The number of rotatable bonds is 47. The highest BCUT2D eigenvalue weighted by atomic mass is 16.6. The predicted molar refractivity (Wildman–Crippen MR) is 252 cm³/mol. The fourth-order valence-corrected chi connectivity index (χ4v) is 7.53. The smallest absolute Gasteiger partial charge is 0.306 e. The molecule has 0 fully saturated rings. The van der Waals surface area contributed by atoms with Gasteiger partial charge in [-0.3, -0.25) is 14.4 Å². The summed E-state index contributed by atoms with van der Waals surface area (Å²) < 4.78 is 16.6. The van der Waals surface area contributed by atoms with Crippen LogP contribution in [0.3, 0.4) is 0 Å². The van der Waals surface area contributed by atoms with Gasteiger partial charge in [0.05, 0.1) is 0 Å². The van der Waals surface area contributed by atoms with E-state index in [-0.39, 0.29) is 31.1 Å². The van der Waals surface area contributed by atoms with E-state index in [1.165, 1.54) is 173 Å². The van der Waals surface area contributed by atoms with Crippen molar-refractivity contribution in [2.24, 2.45) is 0 Å². The van der Waals surface area contributed by atoms with Gasteiger partial charge in [0.2, 0.25) is 0 Å². The Kier molecular flexibility index (Phi) is 46.8. The summed E-state index contributed by atoms with van der Waals surface area (Å²) in [5, 5.41) is 0. The predicted octanol–water partition coefficient (Wildman–Crippen LogP) is 16.8. The first kappa shape index (κ1) is 56.9. The van der Waals surface area contributed by atoms with Crippen molar-refractivity contribution in [1.82, 2.24) is 0 Å². The number of esters is 3. The molecule has 59 heavy (non-hydrogen) atoms. The number of unbranched alkanes of at least 4 members (excludes halogenated alkanes) is 32. The van der Waals surface area contributed by atoms with E-state index in [0.717, 1.165) is 64.2 Å². The zero-order chi connectivity index (χ0) is 43.0. The average molecular weight is 831 g/mol. The van der Waals surface area contributed by atoms with Crippen LogP contribution in [0.5, 0.6) is 0 Å². The second kappa shape index (κ2) is 48.6. The molecule has 0 heterocycles. The van der Waals surface area contributed by atoms with Crippen LogP contribution in [0, 0.1) is 0 Å². The maximum atomic E-state index is 12.5. The van der Waals surface area contributed by atoms with Crippen molar-refractivity contribution in [3.05, 3.63) is 24.3 Å². The molecule has 0 saturated carbocycles. The largest absolute Gasteiger partial charge is 0.462 e. The van der Waals surface area contributed by atoms with Gasteiger partial charge < -0.3 is 14.2 Å². The molecular weight excluding hydrogens is 733 g/mol. The SMILES string of the molecule is CCCCCCC/C=C\C/C=C\CCCCCCCCCCCCCCCCCCCC(=O)OCC(COC(=O)CCCCCCCC)OC(=O)CCCCCCCC. The third-order valence-corrected chi connectivity index (χ3v) is 11.5. The lowest BCUT2D eigenvalue weighted by molar-refractivity contribution is -0.167. The zero-order valence-corrected chi connectivity index (χ0v) is 39.5. The quantitative estimate of drug-likeness (QED) is 0.0263. The Hall–Kier alpha value is -2.11. The number of allylic oxidation sites excluding steroid dienone is 4. The van der Waals surface area contributed by atoms with Crippen LogP contribution in [0.4, 0.5) is 0 Å². The molecule has 0 N–H and O–H groups in total.